The first-order chi connectivity index (χ1) is 12.8. The Hall–Kier alpha value is -1.80. The van der Waals surface area contributed by atoms with Crippen LogP contribution in [0, 0.1) is 0 Å². The fourth-order valence-electron chi connectivity index (χ4n) is 2.12. The molecule has 1 amide bonds. The summed E-state index contributed by atoms with van der Waals surface area (Å²) in [5, 5.41) is 3.36. The third-order valence-electron chi connectivity index (χ3n) is 3.55. The van der Waals surface area contributed by atoms with Crippen LogP contribution in [0.15, 0.2) is 47.4 Å². The third-order valence-corrected chi connectivity index (χ3v) is 5.67. The molecule has 146 valence electrons. The lowest BCUT2D eigenvalue weighted by Gasteiger charge is -2.11. The quantitative estimate of drug-likeness (QED) is 0.638. The molecule has 0 atom stereocenters. The first kappa shape index (κ1) is 21.5. The maximum atomic E-state index is 12.1. The first-order valence-electron chi connectivity index (χ1n) is 8.25. The van der Waals surface area contributed by atoms with Gasteiger partial charge in [-0.05, 0) is 36.2 Å². The summed E-state index contributed by atoms with van der Waals surface area (Å²) in [6, 6.07) is 11.3. The van der Waals surface area contributed by atoms with Crippen molar-refractivity contribution in [2.45, 2.75) is 24.8 Å². The SMILES string of the molecule is CCCNS(=O)(=O)c1ccc(OCC(=O)NCc2ccccc2Cl)c(Cl)c1. The zero-order chi connectivity index (χ0) is 19.9. The van der Waals surface area contributed by atoms with E-state index in [1.807, 2.05) is 19.1 Å². The maximum absolute atomic E-state index is 12.1. The highest BCUT2D eigenvalue weighted by Gasteiger charge is 2.16. The van der Waals surface area contributed by atoms with Crippen molar-refractivity contribution >= 4 is 39.1 Å². The third kappa shape index (κ3) is 6.39. The van der Waals surface area contributed by atoms with Gasteiger partial charge in [-0.3, -0.25) is 4.79 Å². The van der Waals surface area contributed by atoms with Crippen LogP contribution in [0.3, 0.4) is 0 Å². The summed E-state index contributed by atoms with van der Waals surface area (Å²) in [4.78, 5) is 12.0. The standard InChI is InChI=1S/C18H20Cl2N2O4S/c1-2-9-22-27(24,25)14-7-8-17(16(20)10-14)26-12-18(23)21-11-13-5-3-4-6-15(13)19/h3-8,10,22H,2,9,11-12H2,1H3,(H,21,23). The summed E-state index contributed by atoms with van der Waals surface area (Å²) in [5.41, 5.74) is 0.791. The summed E-state index contributed by atoms with van der Waals surface area (Å²) >= 11 is 12.1. The van der Waals surface area contributed by atoms with Gasteiger partial charge >= 0.3 is 0 Å². The van der Waals surface area contributed by atoms with E-state index in [9.17, 15) is 13.2 Å². The van der Waals surface area contributed by atoms with Gasteiger partial charge in [-0.15, -0.1) is 0 Å². The highest BCUT2D eigenvalue weighted by atomic mass is 35.5. The van der Waals surface area contributed by atoms with E-state index >= 15 is 0 Å². The summed E-state index contributed by atoms with van der Waals surface area (Å²) < 4.78 is 32.0. The Balaban J connectivity index is 1.92. The van der Waals surface area contributed by atoms with E-state index in [0.717, 1.165) is 5.56 Å². The van der Waals surface area contributed by atoms with Gasteiger partial charge in [0.05, 0.1) is 9.92 Å². The topological polar surface area (TPSA) is 84.5 Å². The van der Waals surface area contributed by atoms with Crippen LogP contribution >= 0.6 is 23.2 Å². The Bertz CT molecular complexity index is 904. The van der Waals surface area contributed by atoms with Crippen molar-refractivity contribution in [1.29, 1.82) is 0 Å². The molecule has 2 rings (SSSR count). The van der Waals surface area contributed by atoms with E-state index in [2.05, 4.69) is 10.0 Å². The normalized spacial score (nSPS) is 11.2. The molecule has 27 heavy (non-hydrogen) atoms. The molecule has 0 fully saturated rings. The van der Waals surface area contributed by atoms with Crippen LogP contribution < -0.4 is 14.8 Å². The zero-order valence-electron chi connectivity index (χ0n) is 14.7. The molecule has 0 aliphatic carbocycles. The lowest BCUT2D eigenvalue weighted by Crippen LogP contribution is -2.28. The molecule has 6 nitrogen and oxygen atoms in total. The number of carbonyl (C=O) groups excluding carboxylic acids is 1. The molecule has 0 aromatic heterocycles. The summed E-state index contributed by atoms with van der Waals surface area (Å²) in [5.74, 6) is -0.133. The van der Waals surface area contributed by atoms with Crippen LogP contribution in [0.1, 0.15) is 18.9 Å². The molecular formula is C18H20Cl2N2O4S. The average Bonchev–Trinajstić information content (AvgIpc) is 2.64. The predicted molar refractivity (Wildman–Crippen MR) is 106 cm³/mol. The Morgan fingerprint density at radius 3 is 2.52 bits per heavy atom. The minimum atomic E-state index is -3.62. The van der Waals surface area contributed by atoms with Gasteiger partial charge in [-0.25, -0.2) is 13.1 Å². The number of hydrogen-bond donors (Lipinski definition) is 2. The molecule has 0 saturated heterocycles. The van der Waals surface area contributed by atoms with Gasteiger partial charge in [0.2, 0.25) is 10.0 Å². The van der Waals surface area contributed by atoms with Crippen molar-refractivity contribution in [2.24, 2.45) is 0 Å². The van der Waals surface area contributed by atoms with Gasteiger partial charge in [-0.1, -0.05) is 48.3 Å². The highest BCUT2D eigenvalue weighted by Crippen LogP contribution is 2.27. The van der Waals surface area contributed by atoms with E-state index in [1.165, 1.54) is 18.2 Å². The van der Waals surface area contributed by atoms with E-state index in [-0.39, 0.29) is 34.7 Å². The minimum absolute atomic E-state index is 0.0384. The molecule has 2 aromatic carbocycles. The molecule has 0 aliphatic rings. The molecule has 0 radical (unpaired) electrons. The van der Waals surface area contributed by atoms with Crippen molar-refractivity contribution in [3.8, 4) is 5.75 Å². The molecule has 0 unspecified atom stereocenters. The van der Waals surface area contributed by atoms with Crippen LogP contribution in [-0.4, -0.2) is 27.5 Å². The molecule has 0 heterocycles. The summed E-state index contributed by atoms with van der Waals surface area (Å²) in [6.45, 7) is 2.22. The number of benzene rings is 2. The lowest BCUT2D eigenvalue weighted by molar-refractivity contribution is -0.123. The second-order valence-electron chi connectivity index (χ2n) is 5.65. The van der Waals surface area contributed by atoms with E-state index in [4.69, 9.17) is 27.9 Å². The molecule has 0 saturated carbocycles. The Labute approximate surface area is 168 Å². The number of halogens is 2. The largest absolute Gasteiger partial charge is 0.482 e. The second kappa shape index (κ2) is 9.94. The van der Waals surface area contributed by atoms with E-state index in [0.29, 0.717) is 18.0 Å². The van der Waals surface area contributed by atoms with Crippen molar-refractivity contribution < 1.29 is 17.9 Å². The number of rotatable bonds is 9. The molecule has 9 heteroatoms. The number of amides is 1. The number of ether oxygens (including phenoxy) is 1. The molecular weight excluding hydrogens is 411 g/mol. The predicted octanol–water partition coefficient (Wildman–Crippen LogP) is 3.38. The maximum Gasteiger partial charge on any atom is 0.258 e. The smallest absolute Gasteiger partial charge is 0.258 e. The Kier molecular flexibility index (Phi) is 7.91. The van der Waals surface area contributed by atoms with Crippen LogP contribution in [0.2, 0.25) is 10.0 Å². The number of nitrogens with one attached hydrogen (secondary N) is 2. The van der Waals surface area contributed by atoms with Gasteiger partial charge in [-0.2, -0.15) is 0 Å². The summed E-state index contributed by atoms with van der Waals surface area (Å²) in [6.07, 6.45) is 0.678. The zero-order valence-corrected chi connectivity index (χ0v) is 17.0. The fraction of sp³-hybridized carbons (Fsp3) is 0.278. The average molecular weight is 431 g/mol. The lowest BCUT2D eigenvalue weighted by atomic mass is 10.2. The van der Waals surface area contributed by atoms with Crippen LogP contribution in [0.5, 0.6) is 5.75 Å². The molecule has 0 aliphatic heterocycles. The number of hydrogen-bond acceptors (Lipinski definition) is 4. The van der Waals surface area contributed by atoms with Gasteiger partial charge < -0.3 is 10.1 Å². The van der Waals surface area contributed by atoms with Gasteiger partial charge in [0.15, 0.2) is 6.61 Å². The fourth-order valence-corrected chi connectivity index (χ4v) is 3.78. The monoisotopic (exact) mass is 430 g/mol. The summed E-state index contributed by atoms with van der Waals surface area (Å²) in [7, 11) is -3.62. The number of sulfonamides is 1. The van der Waals surface area contributed by atoms with Crippen LogP contribution in [0.25, 0.3) is 0 Å². The van der Waals surface area contributed by atoms with Crippen molar-refractivity contribution in [3.05, 3.63) is 58.1 Å². The van der Waals surface area contributed by atoms with Gasteiger partial charge in [0.1, 0.15) is 5.75 Å². The Morgan fingerprint density at radius 2 is 1.85 bits per heavy atom. The van der Waals surface area contributed by atoms with Gasteiger partial charge in [0, 0.05) is 18.1 Å². The highest BCUT2D eigenvalue weighted by molar-refractivity contribution is 7.89. The van der Waals surface area contributed by atoms with Gasteiger partial charge in [0.25, 0.3) is 5.91 Å². The molecule has 2 N–H and O–H groups in total. The van der Waals surface area contributed by atoms with Crippen molar-refractivity contribution in [1.82, 2.24) is 10.0 Å². The number of carbonyl (C=O) groups is 1. The first-order valence-corrected chi connectivity index (χ1v) is 10.5. The molecule has 0 spiro atoms. The second-order valence-corrected chi connectivity index (χ2v) is 8.23. The van der Waals surface area contributed by atoms with E-state index in [1.54, 1.807) is 12.1 Å². The minimum Gasteiger partial charge on any atom is -0.482 e. The molecule has 2 aromatic rings. The van der Waals surface area contributed by atoms with Crippen molar-refractivity contribution in [3.63, 3.8) is 0 Å². The van der Waals surface area contributed by atoms with Crippen molar-refractivity contribution in [2.75, 3.05) is 13.2 Å². The van der Waals surface area contributed by atoms with E-state index < -0.39 is 10.0 Å². The molecule has 0 bridgehead atoms. The van der Waals surface area contributed by atoms with Crippen LogP contribution in [-0.2, 0) is 21.4 Å². The Morgan fingerprint density at radius 1 is 1.11 bits per heavy atom. The van der Waals surface area contributed by atoms with Crippen LogP contribution in [0.4, 0.5) is 0 Å².